The molecular formula is C28H28ClN3O6S. The molecule has 39 heavy (non-hydrogen) atoms. The first kappa shape index (κ1) is 27.1. The van der Waals surface area contributed by atoms with Crippen molar-refractivity contribution >= 4 is 39.4 Å². The predicted molar refractivity (Wildman–Crippen MR) is 147 cm³/mol. The molecule has 2 atom stereocenters. The lowest BCUT2D eigenvalue weighted by atomic mass is 10.1. The molecule has 5 rings (SSSR count). The van der Waals surface area contributed by atoms with Crippen LogP contribution in [-0.4, -0.2) is 70.9 Å². The number of carbonyl (C=O) groups is 2. The predicted octanol–water partition coefficient (Wildman–Crippen LogP) is 3.92. The number of aliphatic carboxylic acids is 1. The van der Waals surface area contributed by atoms with Crippen LogP contribution < -0.4 is 4.90 Å². The van der Waals surface area contributed by atoms with E-state index >= 15 is 0 Å². The Hall–Kier alpha value is -3.44. The van der Waals surface area contributed by atoms with Gasteiger partial charge in [-0.25, -0.2) is 4.79 Å². The number of benzene rings is 3. The average molecular weight is 570 g/mol. The molecule has 11 heteroatoms. The lowest BCUT2D eigenvalue weighted by Crippen LogP contribution is -2.57. The zero-order valence-electron chi connectivity index (χ0n) is 21.0. The smallest absolute Gasteiger partial charge is 0.335 e. The molecule has 204 valence electrons. The minimum absolute atomic E-state index is 0.00112. The van der Waals surface area contributed by atoms with Gasteiger partial charge in [0.2, 0.25) is 0 Å². The molecule has 1 heterocycles. The van der Waals surface area contributed by atoms with Crippen LogP contribution in [0.5, 0.6) is 0 Å². The summed E-state index contributed by atoms with van der Waals surface area (Å²) in [7, 11) is -4.26. The van der Waals surface area contributed by atoms with Crippen LogP contribution in [-0.2, 0) is 21.5 Å². The Morgan fingerprint density at radius 2 is 1.59 bits per heavy atom. The highest BCUT2D eigenvalue weighted by Gasteiger charge is 2.68. The van der Waals surface area contributed by atoms with Gasteiger partial charge in [0.1, 0.15) is 5.54 Å². The maximum atomic E-state index is 14.2. The van der Waals surface area contributed by atoms with E-state index in [-0.39, 0.29) is 31.6 Å². The number of halogens is 1. The molecule has 1 aliphatic carbocycles. The van der Waals surface area contributed by atoms with Crippen LogP contribution in [0.4, 0.5) is 5.69 Å². The average Bonchev–Trinajstić information content (AvgIpc) is 3.70. The van der Waals surface area contributed by atoms with Gasteiger partial charge in [-0.2, -0.15) is 17.0 Å². The number of hydrogen-bond acceptors (Lipinski definition) is 5. The summed E-state index contributed by atoms with van der Waals surface area (Å²) in [6, 6.07) is 22.3. The summed E-state index contributed by atoms with van der Waals surface area (Å²) in [6.45, 7) is 0.915. The number of piperazine rings is 1. The van der Waals surface area contributed by atoms with Gasteiger partial charge < -0.3 is 15.1 Å². The Morgan fingerprint density at radius 1 is 0.923 bits per heavy atom. The fraction of sp³-hybridized carbons (Fsp3) is 0.286. The SMILES string of the molecule is O=C(O)c1cccc(CN([C@]2(C(=O)O)C[C@H]2c2ccccc2)S(=O)(=O)N2CCN(c3ccc(Cl)cc3)CC2)c1. The summed E-state index contributed by atoms with van der Waals surface area (Å²) in [4.78, 5) is 26.4. The molecule has 3 aromatic carbocycles. The second-order valence-electron chi connectivity index (χ2n) is 9.78. The summed E-state index contributed by atoms with van der Waals surface area (Å²) < 4.78 is 30.8. The van der Waals surface area contributed by atoms with E-state index in [4.69, 9.17) is 11.6 Å². The van der Waals surface area contributed by atoms with Crippen molar-refractivity contribution in [2.75, 3.05) is 31.1 Å². The molecule has 9 nitrogen and oxygen atoms in total. The molecular weight excluding hydrogens is 542 g/mol. The quantitative estimate of drug-likeness (QED) is 0.401. The van der Waals surface area contributed by atoms with Gasteiger partial charge >= 0.3 is 11.9 Å². The Kier molecular flexibility index (Phi) is 7.39. The minimum Gasteiger partial charge on any atom is -0.480 e. The fourth-order valence-electron chi connectivity index (χ4n) is 5.32. The first-order valence-electron chi connectivity index (χ1n) is 12.5. The summed E-state index contributed by atoms with van der Waals surface area (Å²) in [6.07, 6.45) is 0.120. The van der Waals surface area contributed by atoms with Crippen LogP contribution in [0.3, 0.4) is 0 Å². The van der Waals surface area contributed by atoms with E-state index in [0.29, 0.717) is 23.7 Å². The van der Waals surface area contributed by atoms with Crippen molar-refractivity contribution in [3.8, 4) is 0 Å². The Labute approximate surface area is 232 Å². The molecule has 0 bridgehead atoms. The van der Waals surface area contributed by atoms with E-state index in [0.717, 1.165) is 15.6 Å². The number of carboxylic acids is 2. The number of hydrogen-bond donors (Lipinski definition) is 2. The van der Waals surface area contributed by atoms with Crippen molar-refractivity contribution < 1.29 is 28.2 Å². The van der Waals surface area contributed by atoms with Crippen LogP contribution >= 0.6 is 11.6 Å². The molecule has 0 aromatic heterocycles. The van der Waals surface area contributed by atoms with Gasteiger partial charge in [-0.05, 0) is 53.9 Å². The van der Waals surface area contributed by atoms with Crippen molar-refractivity contribution in [3.63, 3.8) is 0 Å². The minimum atomic E-state index is -4.26. The number of rotatable bonds is 9. The molecule has 0 spiro atoms. The van der Waals surface area contributed by atoms with Crippen molar-refractivity contribution in [3.05, 3.63) is 101 Å². The lowest BCUT2D eigenvalue weighted by Gasteiger charge is -2.39. The number of aromatic carboxylic acids is 1. The molecule has 3 aromatic rings. The van der Waals surface area contributed by atoms with E-state index < -0.39 is 33.6 Å². The maximum absolute atomic E-state index is 14.2. The first-order chi connectivity index (χ1) is 18.6. The number of nitrogens with zero attached hydrogens (tertiary/aromatic N) is 3. The topological polar surface area (TPSA) is 118 Å². The molecule has 2 N–H and O–H groups in total. The zero-order chi connectivity index (χ0) is 27.8. The van der Waals surface area contributed by atoms with Gasteiger partial charge in [-0.1, -0.05) is 54.1 Å². The third-order valence-corrected chi connectivity index (χ3v) is 9.77. The highest BCUT2D eigenvalue weighted by molar-refractivity contribution is 7.86. The fourth-order valence-corrected chi connectivity index (χ4v) is 7.35. The van der Waals surface area contributed by atoms with Crippen molar-refractivity contribution in [2.45, 2.75) is 24.4 Å². The second kappa shape index (κ2) is 10.6. The summed E-state index contributed by atoms with van der Waals surface area (Å²) in [5.41, 5.74) is 0.380. The zero-order valence-corrected chi connectivity index (χ0v) is 22.6. The maximum Gasteiger partial charge on any atom is 0.335 e. The molecule has 1 saturated carbocycles. The molecule has 1 saturated heterocycles. The third kappa shape index (κ3) is 5.25. The van der Waals surface area contributed by atoms with Crippen LogP contribution in [0.1, 0.15) is 33.8 Å². The van der Waals surface area contributed by atoms with Crippen molar-refractivity contribution in [1.29, 1.82) is 0 Å². The van der Waals surface area contributed by atoms with Crippen LogP contribution in [0.2, 0.25) is 5.02 Å². The van der Waals surface area contributed by atoms with Gasteiger partial charge in [-0.3, -0.25) is 4.79 Å². The van der Waals surface area contributed by atoms with Gasteiger partial charge in [0.25, 0.3) is 10.2 Å². The Bertz CT molecular complexity index is 1480. The standard InChI is InChI=1S/C28H28ClN3O6S/c29-23-9-11-24(12-10-23)30-13-15-31(16-14-30)39(37,38)32(19-20-5-4-8-22(17-20)26(33)34)28(27(35)36)18-25(28)21-6-2-1-3-7-21/h1-12,17,25H,13-16,18-19H2,(H,33,34)(H,35,36)/t25-,28+/m0/s1. The normalized spacial score (nSPS) is 21.6. The van der Waals surface area contributed by atoms with E-state index in [9.17, 15) is 28.2 Å². The molecule has 0 radical (unpaired) electrons. The highest BCUT2D eigenvalue weighted by Crippen LogP contribution is 2.57. The summed E-state index contributed by atoms with van der Waals surface area (Å²) in [5, 5.41) is 20.5. The largest absolute Gasteiger partial charge is 0.480 e. The van der Waals surface area contributed by atoms with E-state index in [1.807, 2.05) is 18.2 Å². The Balaban J connectivity index is 1.47. The third-order valence-electron chi connectivity index (χ3n) is 7.48. The molecule has 1 aliphatic heterocycles. The number of carboxylic acid groups (broad SMARTS) is 2. The van der Waals surface area contributed by atoms with Crippen LogP contribution in [0.15, 0.2) is 78.9 Å². The lowest BCUT2D eigenvalue weighted by molar-refractivity contribution is -0.143. The van der Waals surface area contributed by atoms with Crippen LogP contribution in [0, 0.1) is 0 Å². The summed E-state index contributed by atoms with van der Waals surface area (Å²) >= 11 is 6.00. The molecule has 2 fully saturated rings. The van der Waals surface area contributed by atoms with Crippen molar-refractivity contribution in [1.82, 2.24) is 8.61 Å². The van der Waals surface area contributed by atoms with Crippen molar-refractivity contribution in [2.24, 2.45) is 0 Å². The summed E-state index contributed by atoms with van der Waals surface area (Å²) in [5.74, 6) is -2.91. The van der Waals surface area contributed by atoms with E-state index in [2.05, 4.69) is 4.90 Å². The van der Waals surface area contributed by atoms with E-state index in [1.54, 1.807) is 42.5 Å². The van der Waals surface area contributed by atoms with Crippen LogP contribution in [0.25, 0.3) is 0 Å². The molecule has 0 unspecified atom stereocenters. The van der Waals surface area contributed by atoms with Gasteiger partial charge in [-0.15, -0.1) is 0 Å². The second-order valence-corrected chi connectivity index (χ2v) is 12.1. The first-order valence-corrected chi connectivity index (χ1v) is 14.3. The molecule has 2 aliphatic rings. The van der Waals surface area contributed by atoms with Gasteiger partial charge in [0, 0.05) is 49.4 Å². The van der Waals surface area contributed by atoms with Gasteiger partial charge in [0.15, 0.2) is 0 Å². The number of anilines is 1. The van der Waals surface area contributed by atoms with Gasteiger partial charge in [0.05, 0.1) is 5.56 Å². The Morgan fingerprint density at radius 3 is 2.21 bits per heavy atom. The monoisotopic (exact) mass is 569 g/mol. The van der Waals surface area contributed by atoms with E-state index in [1.165, 1.54) is 22.5 Å². The highest BCUT2D eigenvalue weighted by atomic mass is 35.5. The molecule has 0 amide bonds.